The lowest BCUT2D eigenvalue weighted by molar-refractivity contribution is 0.00425. The lowest BCUT2D eigenvalue weighted by atomic mass is 10.0. The van der Waals surface area contributed by atoms with Gasteiger partial charge in [-0.05, 0) is 74.4 Å². The van der Waals surface area contributed by atoms with Crippen molar-refractivity contribution in [2.75, 3.05) is 33.1 Å². The number of amides is 1. The van der Waals surface area contributed by atoms with Crippen molar-refractivity contribution in [2.24, 2.45) is 0 Å². The Balaban J connectivity index is 1.08. The average molecular weight is 550 g/mol. The van der Waals surface area contributed by atoms with Gasteiger partial charge < -0.3 is 14.5 Å². The summed E-state index contributed by atoms with van der Waals surface area (Å²) in [5.41, 5.74) is 5.47. The molecule has 0 radical (unpaired) electrons. The van der Waals surface area contributed by atoms with Crippen LogP contribution in [-0.2, 0) is 11.3 Å². The number of hydrogen-bond acceptors (Lipinski definition) is 5. The van der Waals surface area contributed by atoms with Gasteiger partial charge in [-0.15, -0.1) is 0 Å². The fourth-order valence-electron chi connectivity index (χ4n) is 5.36. The third-order valence-corrected chi connectivity index (χ3v) is 7.91. The number of unbranched alkanes of at least 4 members (excludes halogenated alkanes) is 4. The minimum absolute atomic E-state index is 0.0493. The van der Waals surface area contributed by atoms with E-state index < -0.39 is 0 Å². The monoisotopic (exact) mass is 549 g/mol. The van der Waals surface area contributed by atoms with Crippen LogP contribution < -0.4 is 9.46 Å². The molecule has 0 saturated carbocycles. The van der Waals surface area contributed by atoms with Gasteiger partial charge in [0.2, 0.25) is 0 Å². The Hall–Kier alpha value is -2.74. The van der Waals surface area contributed by atoms with E-state index in [4.69, 9.17) is 9.47 Å². The minimum Gasteiger partial charge on any atom is -0.496 e. The molecule has 2 heterocycles. The molecule has 0 unspecified atom stereocenters. The summed E-state index contributed by atoms with van der Waals surface area (Å²) in [5.74, 6) is 0.935. The molecule has 1 saturated heterocycles. The zero-order chi connectivity index (χ0) is 27.5. The van der Waals surface area contributed by atoms with Gasteiger partial charge >= 0.3 is 0 Å². The van der Waals surface area contributed by atoms with Crippen LogP contribution in [0.25, 0.3) is 17.0 Å². The van der Waals surface area contributed by atoms with Crippen molar-refractivity contribution in [2.45, 2.75) is 64.5 Å². The van der Waals surface area contributed by atoms with E-state index in [1.807, 2.05) is 36.7 Å². The normalized spacial score (nSPS) is 14.8. The quantitative estimate of drug-likeness (QED) is 0.165. The number of ether oxygens (including phenoxy) is 2. The molecule has 2 aromatic carbocycles. The van der Waals surface area contributed by atoms with Crippen molar-refractivity contribution in [1.82, 2.24) is 14.6 Å². The number of likely N-dealkylation sites (tertiary alicyclic amines) is 1. The summed E-state index contributed by atoms with van der Waals surface area (Å²) in [6.07, 6.45) is 16.5. The molecule has 7 heteroatoms. The predicted octanol–water partition coefficient (Wildman–Crippen LogP) is 7.14. The van der Waals surface area contributed by atoms with Crippen molar-refractivity contribution < 1.29 is 14.3 Å². The Bertz CT molecular complexity index is 1230. The van der Waals surface area contributed by atoms with Crippen LogP contribution in [0, 0.1) is 6.92 Å². The number of fused-ring (bicyclic) bond motifs is 1. The molecule has 2 N–H and O–H groups in total. The van der Waals surface area contributed by atoms with Crippen LogP contribution in [0.3, 0.4) is 0 Å². The highest BCUT2D eigenvalue weighted by atomic mass is 32.2. The molecule has 1 aromatic heterocycles. The molecule has 0 spiro atoms. The largest absolute Gasteiger partial charge is 0.496 e. The highest BCUT2D eigenvalue weighted by Gasteiger charge is 2.22. The van der Waals surface area contributed by atoms with Crippen molar-refractivity contribution >= 4 is 34.8 Å². The number of nitrogens with one attached hydrogen (secondary N) is 2. The Morgan fingerprint density at radius 2 is 1.97 bits per heavy atom. The van der Waals surface area contributed by atoms with Gasteiger partial charge in [-0.1, -0.05) is 49.1 Å². The summed E-state index contributed by atoms with van der Waals surface area (Å²) >= 11 is 1.32. The number of carbonyl (C=O) groups is 1. The summed E-state index contributed by atoms with van der Waals surface area (Å²) in [7, 11) is 1.77. The third kappa shape index (κ3) is 8.37. The molecule has 1 aliphatic heterocycles. The van der Waals surface area contributed by atoms with E-state index in [9.17, 15) is 4.79 Å². The van der Waals surface area contributed by atoms with Crippen LogP contribution in [-0.4, -0.2) is 55.0 Å². The molecule has 4 rings (SSSR count). The van der Waals surface area contributed by atoms with Gasteiger partial charge in [0.25, 0.3) is 5.91 Å². The lowest BCUT2D eigenvalue weighted by Crippen LogP contribution is -2.36. The number of allylic oxidation sites excluding steroid dienone is 1. The standard InChI is InChI=1S/C32H43N3O3S/c1-24-21-30(37-2)29(28-14-17-33-31(24)28)23-35-18-15-27(16-19-35)38-20-9-7-5-4-6-8-11-25-12-10-13-26(22-25)32(36)34-39-3/h8,10-14,17,21-22,27,33H,4-7,9,15-16,18-20,23H2,1-3H3,(H,34,36)/b11-8+. The minimum atomic E-state index is -0.0493. The van der Waals surface area contributed by atoms with Crippen LogP contribution >= 0.6 is 11.9 Å². The number of H-pyrrole nitrogens is 1. The molecule has 6 nitrogen and oxygen atoms in total. The topological polar surface area (TPSA) is 66.6 Å². The number of aryl methyl sites for hydroxylation is 1. The average Bonchev–Trinajstić information content (AvgIpc) is 3.45. The molecule has 1 amide bonds. The molecule has 0 atom stereocenters. The maximum absolute atomic E-state index is 12.0. The predicted molar refractivity (Wildman–Crippen MR) is 163 cm³/mol. The second-order valence-corrected chi connectivity index (χ2v) is 11.0. The molecular formula is C32H43N3O3S. The second-order valence-electron chi connectivity index (χ2n) is 10.4. The Morgan fingerprint density at radius 1 is 1.15 bits per heavy atom. The Kier molecular flexibility index (Phi) is 11.4. The second kappa shape index (κ2) is 15.2. The first-order chi connectivity index (χ1) is 19.1. The number of hydrogen-bond donors (Lipinski definition) is 2. The lowest BCUT2D eigenvalue weighted by Gasteiger charge is -2.32. The Labute approximate surface area is 237 Å². The number of carbonyl (C=O) groups excluding carboxylic acids is 1. The van der Waals surface area contributed by atoms with Crippen molar-refractivity contribution in [3.63, 3.8) is 0 Å². The van der Waals surface area contributed by atoms with Crippen LogP contribution in [0.4, 0.5) is 0 Å². The smallest absolute Gasteiger partial charge is 0.261 e. The Morgan fingerprint density at radius 3 is 2.77 bits per heavy atom. The highest BCUT2D eigenvalue weighted by Crippen LogP contribution is 2.32. The van der Waals surface area contributed by atoms with Crippen molar-refractivity contribution in [3.05, 3.63) is 70.9 Å². The first kappa shape index (κ1) is 29.2. The molecule has 0 bridgehead atoms. The van der Waals surface area contributed by atoms with Crippen LogP contribution in [0.1, 0.15) is 72.0 Å². The van der Waals surface area contributed by atoms with E-state index in [2.05, 4.69) is 45.8 Å². The fraction of sp³-hybridized carbons (Fsp3) is 0.469. The number of nitrogens with zero attached hydrogens (tertiary/aromatic N) is 1. The number of aromatic amines is 1. The van der Waals surface area contributed by atoms with Gasteiger partial charge in [0, 0.05) is 60.7 Å². The first-order valence-corrected chi connectivity index (χ1v) is 15.4. The van der Waals surface area contributed by atoms with E-state index >= 15 is 0 Å². The summed E-state index contributed by atoms with van der Waals surface area (Å²) in [4.78, 5) is 17.9. The first-order valence-electron chi connectivity index (χ1n) is 14.2. The van der Waals surface area contributed by atoms with E-state index in [-0.39, 0.29) is 5.91 Å². The van der Waals surface area contributed by atoms with Gasteiger partial charge in [-0.25, -0.2) is 0 Å². The number of methoxy groups -OCH3 is 1. The van der Waals surface area contributed by atoms with E-state index in [0.29, 0.717) is 11.7 Å². The molecule has 210 valence electrons. The van der Waals surface area contributed by atoms with Gasteiger partial charge in [-0.2, -0.15) is 0 Å². The van der Waals surface area contributed by atoms with Crippen LogP contribution in [0.5, 0.6) is 5.75 Å². The van der Waals surface area contributed by atoms with Crippen LogP contribution in [0.15, 0.2) is 48.7 Å². The maximum atomic E-state index is 12.0. The SMILES string of the molecule is COc1cc(C)c2[nH]ccc2c1CN1CCC(OCCCCCC/C=C/c2cccc(C(=O)NSC)c2)CC1. The zero-order valence-electron chi connectivity index (χ0n) is 23.6. The molecule has 3 aromatic rings. The molecule has 39 heavy (non-hydrogen) atoms. The van der Waals surface area contributed by atoms with E-state index in [0.717, 1.165) is 63.2 Å². The van der Waals surface area contributed by atoms with E-state index in [1.54, 1.807) is 7.11 Å². The summed E-state index contributed by atoms with van der Waals surface area (Å²) in [5, 5.41) is 1.27. The summed E-state index contributed by atoms with van der Waals surface area (Å²) in [6.45, 7) is 6.03. The van der Waals surface area contributed by atoms with Gasteiger partial charge in [-0.3, -0.25) is 14.4 Å². The maximum Gasteiger partial charge on any atom is 0.261 e. The zero-order valence-corrected chi connectivity index (χ0v) is 24.4. The summed E-state index contributed by atoms with van der Waals surface area (Å²) in [6, 6.07) is 12.1. The molecule has 1 fully saturated rings. The van der Waals surface area contributed by atoms with E-state index in [1.165, 1.54) is 53.2 Å². The molecular weight excluding hydrogens is 506 g/mol. The number of piperidine rings is 1. The van der Waals surface area contributed by atoms with Crippen LogP contribution in [0.2, 0.25) is 0 Å². The van der Waals surface area contributed by atoms with Crippen molar-refractivity contribution in [3.8, 4) is 5.75 Å². The number of benzene rings is 2. The number of aromatic nitrogens is 1. The van der Waals surface area contributed by atoms with Crippen molar-refractivity contribution in [1.29, 1.82) is 0 Å². The molecule has 1 aliphatic rings. The fourth-order valence-corrected chi connectivity index (χ4v) is 5.66. The summed E-state index contributed by atoms with van der Waals surface area (Å²) < 4.78 is 14.7. The number of rotatable bonds is 14. The van der Waals surface area contributed by atoms with Gasteiger partial charge in [0.1, 0.15) is 5.75 Å². The van der Waals surface area contributed by atoms with Gasteiger partial charge in [0.05, 0.1) is 13.2 Å². The highest BCUT2D eigenvalue weighted by molar-refractivity contribution is 7.97. The molecule has 0 aliphatic carbocycles. The van der Waals surface area contributed by atoms with Gasteiger partial charge in [0.15, 0.2) is 0 Å². The third-order valence-electron chi connectivity index (χ3n) is 7.52.